The Kier molecular flexibility index (Phi) is 6.05. The van der Waals surface area contributed by atoms with E-state index in [0.717, 1.165) is 13.1 Å². The van der Waals surface area contributed by atoms with E-state index in [-0.39, 0.29) is 29.8 Å². The molecule has 6 heteroatoms. The molecule has 0 saturated heterocycles. The van der Waals surface area contributed by atoms with Gasteiger partial charge in [-0.1, -0.05) is 6.07 Å². The van der Waals surface area contributed by atoms with Gasteiger partial charge in [0.15, 0.2) is 0 Å². The Morgan fingerprint density at radius 3 is 2.15 bits per heavy atom. The number of fused-ring (bicyclic) bond motifs is 1. The van der Waals surface area contributed by atoms with E-state index in [2.05, 4.69) is 16.0 Å². The third-order valence-electron chi connectivity index (χ3n) is 3.99. The fraction of sp³-hybridized carbons (Fsp3) is 0.300. The van der Waals surface area contributed by atoms with Gasteiger partial charge in [0.2, 0.25) is 0 Å². The number of amides is 2. The molecule has 0 bridgehead atoms. The standard InChI is InChI=1S/C20H23N3O2.ClH/c1-20(2,3)23-19(25)13-6-8-17(9-7-13)22-18(24)14-4-5-15-11-21-12-16(15)10-14;/h4-10,21H,11-12H2,1-3H3,(H,22,24)(H,23,25);1H. The first-order valence-electron chi connectivity index (χ1n) is 8.38. The van der Waals surface area contributed by atoms with Gasteiger partial charge in [0.25, 0.3) is 11.8 Å². The molecule has 0 aromatic heterocycles. The zero-order valence-electron chi connectivity index (χ0n) is 15.2. The number of nitrogens with one attached hydrogen (secondary N) is 3. The molecule has 0 aliphatic carbocycles. The van der Waals surface area contributed by atoms with E-state index < -0.39 is 0 Å². The second kappa shape index (κ2) is 7.89. The minimum absolute atomic E-state index is 0. The van der Waals surface area contributed by atoms with Crippen molar-refractivity contribution in [2.45, 2.75) is 39.4 Å². The lowest BCUT2D eigenvalue weighted by atomic mass is 10.1. The summed E-state index contributed by atoms with van der Waals surface area (Å²) in [5.74, 6) is -0.280. The van der Waals surface area contributed by atoms with E-state index in [1.54, 1.807) is 24.3 Å². The summed E-state index contributed by atoms with van der Waals surface area (Å²) in [4.78, 5) is 24.5. The summed E-state index contributed by atoms with van der Waals surface area (Å²) in [5.41, 5.74) is 3.99. The molecule has 1 aliphatic heterocycles. The SMILES string of the molecule is CC(C)(C)NC(=O)c1ccc(NC(=O)c2ccc3c(c2)CNC3)cc1.Cl. The van der Waals surface area contributed by atoms with Crippen LogP contribution in [-0.2, 0) is 13.1 Å². The molecular weight excluding hydrogens is 350 g/mol. The zero-order valence-corrected chi connectivity index (χ0v) is 16.0. The lowest BCUT2D eigenvalue weighted by Gasteiger charge is -2.20. The van der Waals surface area contributed by atoms with E-state index in [9.17, 15) is 9.59 Å². The van der Waals surface area contributed by atoms with Crippen LogP contribution in [0, 0.1) is 0 Å². The number of halogens is 1. The van der Waals surface area contributed by atoms with Crippen molar-refractivity contribution >= 4 is 29.9 Å². The third-order valence-corrected chi connectivity index (χ3v) is 3.99. The van der Waals surface area contributed by atoms with Gasteiger partial charge in [-0.3, -0.25) is 9.59 Å². The zero-order chi connectivity index (χ0) is 18.0. The van der Waals surface area contributed by atoms with Crippen LogP contribution in [0.15, 0.2) is 42.5 Å². The fourth-order valence-corrected chi connectivity index (χ4v) is 2.76. The minimum atomic E-state index is -0.285. The van der Waals surface area contributed by atoms with Gasteiger partial charge in [-0.25, -0.2) is 0 Å². The van der Waals surface area contributed by atoms with Crippen molar-refractivity contribution in [2.75, 3.05) is 5.32 Å². The third kappa shape index (κ3) is 4.84. The van der Waals surface area contributed by atoms with Gasteiger partial charge < -0.3 is 16.0 Å². The number of benzene rings is 2. The molecular formula is C20H24ClN3O2. The first-order chi connectivity index (χ1) is 11.8. The van der Waals surface area contributed by atoms with Crippen LogP contribution in [0.3, 0.4) is 0 Å². The number of hydrogen-bond acceptors (Lipinski definition) is 3. The molecule has 2 aromatic carbocycles. The van der Waals surface area contributed by atoms with Gasteiger partial charge >= 0.3 is 0 Å². The smallest absolute Gasteiger partial charge is 0.255 e. The van der Waals surface area contributed by atoms with Crippen molar-refractivity contribution in [1.82, 2.24) is 10.6 Å². The predicted octanol–water partition coefficient (Wildman–Crippen LogP) is 3.49. The number of carbonyl (C=O) groups excluding carboxylic acids is 2. The van der Waals surface area contributed by atoms with Crippen LogP contribution in [0.1, 0.15) is 52.6 Å². The van der Waals surface area contributed by atoms with E-state index in [4.69, 9.17) is 0 Å². The molecule has 2 aromatic rings. The first-order valence-corrected chi connectivity index (χ1v) is 8.38. The predicted molar refractivity (Wildman–Crippen MR) is 106 cm³/mol. The average Bonchev–Trinajstić information content (AvgIpc) is 3.01. The maximum atomic E-state index is 12.4. The van der Waals surface area contributed by atoms with Crippen LogP contribution in [0.2, 0.25) is 0 Å². The maximum Gasteiger partial charge on any atom is 0.255 e. The minimum Gasteiger partial charge on any atom is -0.347 e. The summed E-state index contributed by atoms with van der Waals surface area (Å²) in [5, 5.41) is 9.05. The second-order valence-corrected chi connectivity index (χ2v) is 7.32. The summed E-state index contributed by atoms with van der Waals surface area (Å²) < 4.78 is 0. The first kappa shape index (κ1) is 19.9. The van der Waals surface area contributed by atoms with Crippen LogP contribution in [0.25, 0.3) is 0 Å². The van der Waals surface area contributed by atoms with Crippen molar-refractivity contribution in [3.8, 4) is 0 Å². The summed E-state index contributed by atoms with van der Waals surface area (Å²) in [7, 11) is 0. The lowest BCUT2D eigenvalue weighted by molar-refractivity contribution is 0.0919. The summed E-state index contributed by atoms with van der Waals surface area (Å²) in [6, 6.07) is 12.7. The molecule has 2 amide bonds. The summed E-state index contributed by atoms with van der Waals surface area (Å²) in [6.45, 7) is 7.46. The van der Waals surface area contributed by atoms with Gasteiger partial charge in [-0.15, -0.1) is 12.4 Å². The van der Waals surface area contributed by atoms with Crippen molar-refractivity contribution in [1.29, 1.82) is 0 Å². The molecule has 3 N–H and O–H groups in total. The lowest BCUT2D eigenvalue weighted by Crippen LogP contribution is -2.40. The highest BCUT2D eigenvalue weighted by molar-refractivity contribution is 6.04. The van der Waals surface area contributed by atoms with E-state index in [1.807, 2.05) is 39.0 Å². The molecule has 0 radical (unpaired) electrons. The van der Waals surface area contributed by atoms with Crippen LogP contribution in [0.5, 0.6) is 0 Å². The highest BCUT2D eigenvalue weighted by Crippen LogP contribution is 2.18. The Morgan fingerprint density at radius 2 is 1.50 bits per heavy atom. The molecule has 26 heavy (non-hydrogen) atoms. The molecule has 0 fully saturated rings. The van der Waals surface area contributed by atoms with Crippen molar-refractivity contribution in [3.05, 3.63) is 64.7 Å². The van der Waals surface area contributed by atoms with Crippen LogP contribution in [-0.4, -0.2) is 17.4 Å². The van der Waals surface area contributed by atoms with Crippen LogP contribution in [0.4, 0.5) is 5.69 Å². The Morgan fingerprint density at radius 1 is 0.885 bits per heavy atom. The molecule has 1 aliphatic rings. The fourth-order valence-electron chi connectivity index (χ4n) is 2.76. The molecule has 0 atom stereocenters. The van der Waals surface area contributed by atoms with Gasteiger partial charge in [0.05, 0.1) is 0 Å². The number of anilines is 1. The van der Waals surface area contributed by atoms with E-state index in [0.29, 0.717) is 16.8 Å². The Bertz CT molecular complexity index is 811. The second-order valence-electron chi connectivity index (χ2n) is 7.32. The maximum absolute atomic E-state index is 12.4. The van der Waals surface area contributed by atoms with Crippen molar-refractivity contribution in [3.63, 3.8) is 0 Å². The molecule has 0 spiro atoms. The summed E-state index contributed by atoms with van der Waals surface area (Å²) >= 11 is 0. The molecule has 0 unspecified atom stereocenters. The van der Waals surface area contributed by atoms with Crippen molar-refractivity contribution < 1.29 is 9.59 Å². The quantitative estimate of drug-likeness (QED) is 0.771. The van der Waals surface area contributed by atoms with Gasteiger partial charge in [-0.05, 0) is 68.3 Å². The normalized spacial score (nSPS) is 12.7. The Hall–Kier alpha value is -2.37. The van der Waals surface area contributed by atoms with Crippen LogP contribution >= 0.6 is 12.4 Å². The van der Waals surface area contributed by atoms with Gasteiger partial charge in [-0.2, -0.15) is 0 Å². The van der Waals surface area contributed by atoms with E-state index in [1.165, 1.54) is 11.1 Å². The number of carbonyl (C=O) groups is 2. The largest absolute Gasteiger partial charge is 0.347 e. The Balaban J connectivity index is 0.00000243. The molecule has 3 rings (SSSR count). The van der Waals surface area contributed by atoms with Gasteiger partial charge in [0, 0.05) is 35.4 Å². The number of rotatable bonds is 3. The topological polar surface area (TPSA) is 70.2 Å². The number of hydrogen-bond donors (Lipinski definition) is 3. The van der Waals surface area contributed by atoms with Crippen LogP contribution < -0.4 is 16.0 Å². The highest BCUT2D eigenvalue weighted by atomic mass is 35.5. The molecule has 0 saturated carbocycles. The monoisotopic (exact) mass is 373 g/mol. The molecule has 138 valence electrons. The summed E-state index contributed by atoms with van der Waals surface area (Å²) in [6.07, 6.45) is 0. The van der Waals surface area contributed by atoms with E-state index >= 15 is 0 Å². The average molecular weight is 374 g/mol. The van der Waals surface area contributed by atoms with Crippen molar-refractivity contribution in [2.24, 2.45) is 0 Å². The molecule has 5 nitrogen and oxygen atoms in total. The Labute approximate surface area is 160 Å². The molecule has 1 heterocycles. The van der Waals surface area contributed by atoms with Gasteiger partial charge in [0.1, 0.15) is 0 Å². The highest BCUT2D eigenvalue weighted by Gasteiger charge is 2.16.